The van der Waals surface area contributed by atoms with Crippen LogP contribution in [0.5, 0.6) is 0 Å². The molecule has 0 bridgehead atoms. The second kappa shape index (κ2) is 4.33. The Morgan fingerprint density at radius 1 is 1.24 bits per heavy atom. The summed E-state index contributed by atoms with van der Waals surface area (Å²) in [5.74, 6) is 2.76. The predicted molar refractivity (Wildman–Crippen MR) is 69.1 cm³/mol. The topological polar surface area (TPSA) is 55.0 Å². The number of anilines is 2. The lowest BCUT2D eigenvalue weighted by Crippen LogP contribution is -2.29. The Balaban J connectivity index is 1.80. The summed E-state index contributed by atoms with van der Waals surface area (Å²) in [5, 5.41) is 0.612. The van der Waals surface area contributed by atoms with E-state index in [1.807, 2.05) is 0 Å². The first kappa shape index (κ1) is 11.1. The van der Waals surface area contributed by atoms with Crippen molar-refractivity contribution in [1.29, 1.82) is 0 Å². The summed E-state index contributed by atoms with van der Waals surface area (Å²) >= 11 is 6.18. The minimum Gasteiger partial charge on any atom is -0.368 e. The second-order valence-electron chi connectivity index (χ2n) is 5.19. The molecule has 17 heavy (non-hydrogen) atoms. The molecule has 5 heteroatoms. The van der Waals surface area contributed by atoms with Crippen LogP contribution in [-0.4, -0.2) is 23.1 Å². The molecule has 0 radical (unpaired) electrons. The average molecular weight is 253 g/mol. The number of hydrogen-bond donors (Lipinski definition) is 1. The molecule has 0 unspecified atom stereocenters. The Morgan fingerprint density at radius 2 is 1.82 bits per heavy atom. The van der Waals surface area contributed by atoms with Crippen molar-refractivity contribution in [2.75, 3.05) is 23.7 Å². The van der Waals surface area contributed by atoms with E-state index in [0.29, 0.717) is 11.0 Å². The molecule has 0 atom stereocenters. The van der Waals surface area contributed by atoms with Crippen molar-refractivity contribution in [3.05, 3.63) is 11.2 Å². The third-order valence-corrected chi connectivity index (χ3v) is 3.66. The van der Waals surface area contributed by atoms with Crippen LogP contribution in [0.25, 0.3) is 0 Å². The molecule has 0 aromatic carbocycles. The van der Waals surface area contributed by atoms with E-state index in [0.717, 1.165) is 30.7 Å². The summed E-state index contributed by atoms with van der Waals surface area (Å²) < 4.78 is 0. The molecule has 4 nitrogen and oxygen atoms in total. The molecule has 3 rings (SSSR count). The zero-order valence-electron chi connectivity index (χ0n) is 9.77. The number of nitrogen functional groups attached to an aromatic ring is 1. The molecule has 2 aliphatic carbocycles. The average Bonchev–Trinajstić information content (AvgIpc) is 3.15. The molecule has 2 N–H and O–H groups in total. The first-order valence-electron chi connectivity index (χ1n) is 6.25. The number of aromatic nitrogens is 2. The van der Waals surface area contributed by atoms with Crippen LogP contribution in [0.3, 0.4) is 0 Å². The van der Waals surface area contributed by atoms with Gasteiger partial charge in [0.05, 0.1) is 6.20 Å². The first-order chi connectivity index (χ1) is 8.22. The molecule has 92 valence electrons. The summed E-state index contributed by atoms with van der Waals surface area (Å²) in [5.41, 5.74) is 5.65. The van der Waals surface area contributed by atoms with E-state index < -0.39 is 0 Å². The summed E-state index contributed by atoms with van der Waals surface area (Å²) in [4.78, 5) is 10.5. The van der Waals surface area contributed by atoms with Gasteiger partial charge in [0.15, 0.2) is 5.82 Å². The number of halogens is 1. The van der Waals surface area contributed by atoms with Crippen molar-refractivity contribution < 1.29 is 0 Å². The van der Waals surface area contributed by atoms with Crippen LogP contribution < -0.4 is 10.6 Å². The Morgan fingerprint density at radius 3 is 2.35 bits per heavy atom. The Bertz CT molecular complexity index is 401. The molecule has 0 amide bonds. The van der Waals surface area contributed by atoms with Crippen LogP contribution in [0.4, 0.5) is 11.8 Å². The van der Waals surface area contributed by atoms with E-state index in [9.17, 15) is 0 Å². The summed E-state index contributed by atoms with van der Waals surface area (Å²) in [6.45, 7) is 2.12. The molecule has 2 aliphatic rings. The van der Waals surface area contributed by atoms with Gasteiger partial charge in [0, 0.05) is 13.1 Å². The zero-order valence-corrected chi connectivity index (χ0v) is 10.5. The minimum atomic E-state index is 0.306. The third-order valence-electron chi connectivity index (χ3n) is 3.39. The van der Waals surface area contributed by atoms with Gasteiger partial charge in [-0.2, -0.15) is 4.98 Å². The van der Waals surface area contributed by atoms with Crippen LogP contribution in [0, 0.1) is 11.8 Å². The quantitative estimate of drug-likeness (QED) is 0.874. The highest BCUT2D eigenvalue weighted by molar-refractivity contribution is 6.32. The highest BCUT2D eigenvalue weighted by Crippen LogP contribution is 2.36. The first-order valence-corrected chi connectivity index (χ1v) is 6.63. The van der Waals surface area contributed by atoms with Gasteiger partial charge in [-0.25, -0.2) is 4.98 Å². The third kappa shape index (κ3) is 2.80. The van der Waals surface area contributed by atoms with E-state index in [4.69, 9.17) is 17.3 Å². The summed E-state index contributed by atoms with van der Waals surface area (Å²) in [6, 6.07) is 0. The van der Waals surface area contributed by atoms with E-state index in [2.05, 4.69) is 14.9 Å². The van der Waals surface area contributed by atoms with Crippen molar-refractivity contribution in [3.63, 3.8) is 0 Å². The van der Waals surface area contributed by atoms with Crippen molar-refractivity contribution >= 4 is 23.4 Å². The molecule has 0 saturated heterocycles. The number of hydrogen-bond acceptors (Lipinski definition) is 4. The normalized spacial score (nSPS) is 19.4. The Labute approximate surface area is 106 Å². The van der Waals surface area contributed by atoms with Gasteiger partial charge in [0.1, 0.15) is 5.02 Å². The Hall–Kier alpha value is -1.03. The van der Waals surface area contributed by atoms with Gasteiger partial charge < -0.3 is 10.6 Å². The van der Waals surface area contributed by atoms with Crippen LogP contribution in [-0.2, 0) is 0 Å². The van der Waals surface area contributed by atoms with Gasteiger partial charge in [-0.15, -0.1) is 0 Å². The van der Waals surface area contributed by atoms with Crippen LogP contribution in [0.1, 0.15) is 25.7 Å². The zero-order chi connectivity index (χ0) is 11.8. The number of nitrogens with two attached hydrogens (primary N) is 1. The van der Waals surface area contributed by atoms with Crippen LogP contribution in [0.2, 0.25) is 5.02 Å². The maximum absolute atomic E-state index is 6.18. The number of nitrogens with zero attached hydrogens (tertiary/aromatic N) is 3. The predicted octanol–water partition coefficient (Wildman–Crippen LogP) is 2.34. The van der Waals surface area contributed by atoms with Crippen molar-refractivity contribution in [1.82, 2.24) is 9.97 Å². The summed E-state index contributed by atoms with van der Waals surface area (Å²) in [7, 11) is 0. The molecule has 1 heterocycles. The molecule has 0 spiro atoms. The lowest BCUT2D eigenvalue weighted by atomic mass is 10.3. The van der Waals surface area contributed by atoms with Gasteiger partial charge in [-0.1, -0.05) is 11.6 Å². The fourth-order valence-electron chi connectivity index (χ4n) is 2.06. The maximum atomic E-state index is 6.18. The van der Waals surface area contributed by atoms with Gasteiger partial charge in [0.2, 0.25) is 5.95 Å². The van der Waals surface area contributed by atoms with E-state index >= 15 is 0 Å². The van der Waals surface area contributed by atoms with E-state index in [-0.39, 0.29) is 0 Å². The molecule has 1 aromatic rings. The molecule has 2 fully saturated rings. The molecule has 1 aromatic heterocycles. The lowest BCUT2D eigenvalue weighted by molar-refractivity contribution is 0.671. The smallest absolute Gasteiger partial charge is 0.222 e. The van der Waals surface area contributed by atoms with E-state index in [1.165, 1.54) is 25.7 Å². The fourth-order valence-corrected chi connectivity index (χ4v) is 2.28. The maximum Gasteiger partial charge on any atom is 0.222 e. The highest BCUT2D eigenvalue weighted by Gasteiger charge is 2.30. The van der Waals surface area contributed by atoms with Gasteiger partial charge in [-0.05, 0) is 37.5 Å². The van der Waals surface area contributed by atoms with Crippen LogP contribution in [0.15, 0.2) is 6.20 Å². The molecular weight excluding hydrogens is 236 g/mol. The van der Waals surface area contributed by atoms with Gasteiger partial charge >= 0.3 is 0 Å². The second-order valence-corrected chi connectivity index (χ2v) is 5.60. The molecular formula is C12H17ClN4. The van der Waals surface area contributed by atoms with Crippen molar-refractivity contribution in [2.24, 2.45) is 11.8 Å². The monoisotopic (exact) mass is 252 g/mol. The Kier molecular flexibility index (Phi) is 2.82. The van der Waals surface area contributed by atoms with E-state index in [1.54, 1.807) is 6.20 Å². The standard InChI is InChI=1S/C12H17ClN4/c13-10-5-15-12(14)16-11(10)17(6-8-1-2-8)7-9-3-4-9/h5,8-9H,1-4,6-7H2,(H2,14,15,16). The number of rotatable bonds is 5. The van der Waals surface area contributed by atoms with Crippen LogP contribution >= 0.6 is 11.6 Å². The largest absolute Gasteiger partial charge is 0.368 e. The minimum absolute atomic E-state index is 0.306. The fraction of sp³-hybridized carbons (Fsp3) is 0.667. The molecule has 0 aliphatic heterocycles. The molecule has 2 saturated carbocycles. The lowest BCUT2D eigenvalue weighted by Gasteiger charge is -2.24. The summed E-state index contributed by atoms with van der Waals surface area (Å²) in [6.07, 6.45) is 6.93. The SMILES string of the molecule is Nc1ncc(Cl)c(N(CC2CC2)CC2CC2)n1. The van der Waals surface area contributed by atoms with Gasteiger partial charge in [0.25, 0.3) is 0 Å². The highest BCUT2D eigenvalue weighted by atomic mass is 35.5. The van der Waals surface area contributed by atoms with Gasteiger partial charge in [-0.3, -0.25) is 0 Å². The van der Waals surface area contributed by atoms with Crippen molar-refractivity contribution in [3.8, 4) is 0 Å². The van der Waals surface area contributed by atoms with Crippen molar-refractivity contribution in [2.45, 2.75) is 25.7 Å².